The van der Waals surface area contributed by atoms with Crippen molar-refractivity contribution in [2.45, 2.75) is 12.6 Å². The van der Waals surface area contributed by atoms with Crippen molar-refractivity contribution in [3.8, 4) is 0 Å². The lowest BCUT2D eigenvalue weighted by Crippen LogP contribution is -2.37. The lowest BCUT2D eigenvalue weighted by molar-refractivity contribution is 0.251. The van der Waals surface area contributed by atoms with Gasteiger partial charge >= 0.3 is 0 Å². The Morgan fingerprint density at radius 1 is 1.15 bits per heavy atom. The summed E-state index contributed by atoms with van der Waals surface area (Å²) in [5, 5.41) is 0. The topological polar surface area (TPSA) is 40.6 Å². The van der Waals surface area contributed by atoms with Crippen LogP contribution in [0.5, 0.6) is 0 Å². The molecule has 1 unspecified atom stereocenters. The lowest BCUT2D eigenvalue weighted by atomic mass is 10.2. The maximum Gasteiger partial charge on any atom is 0.216 e. The molecule has 0 spiro atoms. The first-order valence-corrected chi connectivity index (χ1v) is 8.27. The Bertz CT molecular complexity index is 605. The highest BCUT2D eigenvalue weighted by atomic mass is 32.2. The number of hydrogen-bond acceptors (Lipinski definition) is 3. The molecule has 1 aromatic carbocycles. The van der Waals surface area contributed by atoms with Gasteiger partial charge in [-0.15, -0.1) is 0 Å². The monoisotopic (exact) mass is 296 g/mol. The number of sulfonamides is 1. The van der Waals surface area contributed by atoms with E-state index in [9.17, 15) is 12.8 Å². The van der Waals surface area contributed by atoms with Crippen molar-refractivity contribution in [3.05, 3.63) is 47.8 Å². The summed E-state index contributed by atoms with van der Waals surface area (Å²) in [6.45, 7) is 2.48. The molecule has 1 aromatic rings. The molecule has 1 fully saturated rings. The average Bonchev–Trinajstić information content (AvgIpc) is 3.01. The van der Waals surface area contributed by atoms with E-state index >= 15 is 0 Å². The van der Waals surface area contributed by atoms with Crippen LogP contribution in [-0.4, -0.2) is 49.1 Å². The fourth-order valence-corrected chi connectivity index (χ4v) is 4.48. The molecule has 2 aliphatic rings. The molecule has 6 heteroatoms. The molecule has 1 atom stereocenters. The molecule has 4 nitrogen and oxygen atoms in total. The van der Waals surface area contributed by atoms with Gasteiger partial charge in [-0.25, -0.2) is 12.8 Å². The first-order chi connectivity index (χ1) is 9.54. The van der Waals surface area contributed by atoms with E-state index in [1.165, 1.54) is 16.4 Å². The van der Waals surface area contributed by atoms with Crippen LogP contribution >= 0.6 is 0 Å². The maximum atomic E-state index is 12.9. The highest BCUT2D eigenvalue weighted by Crippen LogP contribution is 2.22. The van der Waals surface area contributed by atoms with Gasteiger partial charge in [-0.2, -0.15) is 4.31 Å². The highest BCUT2D eigenvalue weighted by molar-refractivity contribution is 7.89. The smallest absolute Gasteiger partial charge is 0.216 e. The third-order valence-electron chi connectivity index (χ3n) is 3.85. The Labute approximate surface area is 118 Å². The van der Waals surface area contributed by atoms with Crippen molar-refractivity contribution in [2.75, 3.05) is 25.4 Å². The summed E-state index contributed by atoms with van der Waals surface area (Å²) in [5.41, 5.74) is 0.815. The van der Waals surface area contributed by atoms with Crippen molar-refractivity contribution in [3.63, 3.8) is 0 Å². The van der Waals surface area contributed by atoms with Gasteiger partial charge in [0.1, 0.15) is 5.82 Å². The van der Waals surface area contributed by atoms with Crippen molar-refractivity contribution >= 4 is 10.0 Å². The van der Waals surface area contributed by atoms with E-state index in [1.54, 1.807) is 12.1 Å². The van der Waals surface area contributed by atoms with Gasteiger partial charge in [0.2, 0.25) is 10.0 Å². The molecule has 0 aliphatic carbocycles. The SMILES string of the molecule is O=S1(=O)CC(N2CC=CC2)CN1Cc1ccc(F)cc1. The van der Waals surface area contributed by atoms with Crippen LogP contribution in [0.1, 0.15) is 5.56 Å². The zero-order chi connectivity index (χ0) is 14.2. The molecule has 0 bridgehead atoms. The van der Waals surface area contributed by atoms with E-state index < -0.39 is 10.0 Å². The van der Waals surface area contributed by atoms with E-state index in [0.717, 1.165) is 18.7 Å². The fourth-order valence-electron chi connectivity index (χ4n) is 2.72. The second-order valence-corrected chi connectivity index (χ2v) is 7.29. The van der Waals surface area contributed by atoms with Gasteiger partial charge in [0, 0.05) is 32.2 Å². The van der Waals surface area contributed by atoms with Gasteiger partial charge < -0.3 is 0 Å². The molecule has 2 heterocycles. The number of hydrogen-bond donors (Lipinski definition) is 0. The van der Waals surface area contributed by atoms with Crippen LogP contribution in [0.15, 0.2) is 36.4 Å². The van der Waals surface area contributed by atoms with Gasteiger partial charge in [-0.05, 0) is 17.7 Å². The second-order valence-electron chi connectivity index (χ2n) is 5.28. The predicted molar refractivity (Wildman–Crippen MR) is 75.1 cm³/mol. The zero-order valence-electron chi connectivity index (χ0n) is 11.1. The number of rotatable bonds is 3. The minimum atomic E-state index is -3.21. The van der Waals surface area contributed by atoms with E-state index in [-0.39, 0.29) is 17.6 Å². The van der Waals surface area contributed by atoms with Crippen molar-refractivity contribution < 1.29 is 12.8 Å². The van der Waals surface area contributed by atoms with Crippen LogP contribution in [0.25, 0.3) is 0 Å². The van der Waals surface area contributed by atoms with Gasteiger partial charge in [0.15, 0.2) is 0 Å². The van der Waals surface area contributed by atoms with Crippen LogP contribution in [0, 0.1) is 5.82 Å². The molecule has 108 valence electrons. The van der Waals surface area contributed by atoms with Gasteiger partial charge in [0.05, 0.1) is 5.75 Å². The Morgan fingerprint density at radius 3 is 2.45 bits per heavy atom. The average molecular weight is 296 g/mol. The normalized spacial score (nSPS) is 26.4. The Morgan fingerprint density at radius 2 is 1.80 bits per heavy atom. The van der Waals surface area contributed by atoms with E-state index in [4.69, 9.17) is 0 Å². The fraction of sp³-hybridized carbons (Fsp3) is 0.429. The summed E-state index contributed by atoms with van der Waals surface area (Å²) in [6.07, 6.45) is 4.13. The van der Waals surface area contributed by atoms with Gasteiger partial charge in [-0.3, -0.25) is 4.90 Å². The van der Waals surface area contributed by atoms with Gasteiger partial charge in [-0.1, -0.05) is 24.3 Å². The molecule has 1 saturated heterocycles. The number of benzene rings is 1. The largest absolute Gasteiger partial charge is 0.291 e. The van der Waals surface area contributed by atoms with E-state index in [1.807, 2.05) is 0 Å². The molecule has 0 amide bonds. The maximum absolute atomic E-state index is 12.9. The summed E-state index contributed by atoms with van der Waals surface area (Å²) in [6, 6.07) is 6.04. The van der Waals surface area contributed by atoms with Gasteiger partial charge in [0.25, 0.3) is 0 Å². The summed E-state index contributed by atoms with van der Waals surface area (Å²) >= 11 is 0. The molecule has 2 aliphatic heterocycles. The first kappa shape index (κ1) is 13.7. The quantitative estimate of drug-likeness (QED) is 0.787. The van der Waals surface area contributed by atoms with Crippen LogP contribution in [-0.2, 0) is 16.6 Å². The van der Waals surface area contributed by atoms with Crippen LogP contribution in [0.3, 0.4) is 0 Å². The Balaban J connectivity index is 1.71. The Kier molecular flexibility index (Phi) is 3.62. The number of halogens is 1. The second kappa shape index (κ2) is 5.27. The van der Waals surface area contributed by atoms with Crippen LogP contribution in [0.2, 0.25) is 0 Å². The molecule has 0 radical (unpaired) electrons. The minimum absolute atomic E-state index is 0.0513. The Hall–Kier alpha value is -1.24. The van der Waals surface area contributed by atoms with Crippen LogP contribution < -0.4 is 0 Å². The molecule has 0 saturated carbocycles. The van der Waals surface area contributed by atoms with Crippen molar-refractivity contribution in [2.24, 2.45) is 0 Å². The summed E-state index contributed by atoms with van der Waals surface area (Å²) in [7, 11) is -3.21. The zero-order valence-corrected chi connectivity index (χ0v) is 11.9. The standard InChI is InChI=1S/C14H17FN2O2S/c15-13-5-3-12(4-6-13)9-17-10-14(11-20(17,18)19)16-7-1-2-8-16/h1-6,14H,7-11H2. The molecule has 0 aromatic heterocycles. The summed E-state index contributed by atoms with van der Waals surface area (Å²) in [4.78, 5) is 2.17. The van der Waals surface area contributed by atoms with Crippen molar-refractivity contribution in [1.82, 2.24) is 9.21 Å². The predicted octanol–water partition coefficient (Wildman–Crippen LogP) is 1.21. The molecular weight excluding hydrogens is 279 g/mol. The lowest BCUT2D eigenvalue weighted by Gasteiger charge is -2.22. The van der Waals surface area contributed by atoms with E-state index in [0.29, 0.717) is 13.1 Å². The third-order valence-corrected chi connectivity index (χ3v) is 5.72. The van der Waals surface area contributed by atoms with E-state index in [2.05, 4.69) is 17.1 Å². The van der Waals surface area contributed by atoms with Crippen molar-refractivity contribution in [1.29, 1.82) is 0 Å². The molecule has 3 rings (SSSR count). The number of nitrogens with zero attached hydrogens (tertiary/aromatic N) is 2. The molecule has 0 N–H and O–H groups in total. The summed E-state index contributed by atoms with van der Waals surface area (Å²) in [5.74, 6) is -0.130. The third kappa shape index (κ3) is 2.77. The first-order valence-electron chi connectivity index (χ1n) is 6.66. The molecular formula is C14H17FN2O2S. The highest BCUT2D eigenvalue weighted by Gasteiger charge is 2.38. The summed E-state index contributed by atoms with van der Waals surface area (Å²) < 4.78 is 38.8. The molecule has 20 heavy (non-hydrogen) atoms. The minimum Gasteiger partial charge on any atom is -0.291 e. The van der Waals surface area contributed by atoms with Crippen LogP contribution in [0.4, 0.5) is 4.39 Å².